The second kappa shape index (κ2) is 4.58. The largest absolute Gasteiger partial charge is 0.408 e. The van der Waals surface area contributed by atoms with Gasteiger partial charge in [0.1, 0.15) is 0 Å². The summed E-state index contributed by atoms with van der Waals surface area (Å²) in [6.07, 6.45) is 1.72. The van der Waals surface area contributed by atoms with Crippen molar-refractivity contribution in [1.82, 2.24) is 0 Å². The van der Waals surface area contributed by atoms with Gasteiger partial charge in [-0.15, -0.1) is 0 Å². The Kier molecular flexibility index (Phi) is 3.69. The van der Waals surface area contributed by atoms with E-state index < -0.39 is 5.97 Å². The van der Waals surface area contributed by atoms with E-state index in [1.54, 1.807) is 0 Å². The summed E-state index contributed by atoms with van der Waals surface area (Å²) in [6, 6.07) is 0. The average Bonchev–Trinajstić information content (AvgIpc) is 2.54. The first-order chi connectivity index (χ1) is 6.22. The maximum absolute atomic E-state index is 11.2. The van der Waals surface area contributed by atoms with Crippen LogP contribution in [0.25, 0.3) is 0 Å². The average molecular weight is 188 g/mol. The summed E-state index contributed by atoms with van der Waals surface area (Å²) < 4.78 is 15.6. The molecule has 13 heavy (non-hydrogen) atoms. The summed E-state index contributed by atoms with van der Waals surface area (Å²) in [7, 11) is 0. The Hall–Kier alpha value is -0.610. The van der Waals surface area contributed by atoms with Crippen molar-refractivity contribution in [3.05, 3.63) is 0 Å². The Morgan fingerprint density at radius 2 is 2.00 bits per heavy atom. The van der Waals surface area contributed by atoms with Gasteiger partial charge in [-0.05, 0) is 6.42 Å². The number of carbonyl (C=O) groups excluding carboxylic acids is 1. The standard InChI is InChI=1S/C9H16O4/c1-3-5-8(10)13-9(4-2)11-6-7-12-9/h3-7H2,1-2H3. The zero-order chi connectivity index (χ0) is 9.73. The zero-order valence-electron chi connectivity index (χ0n) is 8.17. The molecule has 1 rings (SSSR count). The topological polar surface area (TPSA) is 44.8 Å². The van der Waals surface area contributed by atoms with Crippen LogP contribution in [0.3, 0.4) is 0 Å². The van der Waals surface area contributed by atoms with Gasteiger partial charge in [0.25, 0.3) is 0 Å². The van der Waals surface area contributed by atoms with Crippen molar-refractivity contribution in [2.24, 2.45) is 0 Å². The molecule has 0 aromatic carbocycles. The van der Waals surface area contributed by atoms with Crippen molar-refractivity contribution in [1.29, 1.82) is 0 Å². The SMILES string of the molecule is CCCC(=O)OC1(CC)OCCO1. The number of ether oxygens (including phenoxy) is 3. The molecule has 4 nitrogen and oxygen atoms in total. The molecule has 76 valence electrons. The predicted octanol–water partition coefficient (Wildman–Crippen LogP) is 1.44. The number of rotatable bonds is 4. The Bertz CT molecular complexity index is 172. The number of hydrogen-bond acceptors (Lipinski definition) is 4. The number of carbonyl (C=O) groups is 1. The summed E-state index contributed by atoms with van der Waals surface area (Å²) in [5.41, 5.74) is 0. The molecule has 0 amide bonds. The molecule has 0 atom stereocenters. The van der Waals surface area contributed by atoms with Crippen molar-refractivity contribution in [2.45, 2.75) is 39.1 Å². The Labute approximate surface area is 78.2 Å². The van der Waals surface area contributed by atoms with Crippen LogP contribution in [0.1, 0.15) is 33.1 Å². The van der Waals surface area contributed by atoms with Gasteiger partial charge in [0.15, 0.2) is 0 Å². The molecule has 1 heterocycles. The second-order valence-electron chi connectivity index (χ2n) is 2.96. The fourth-order valence-corrected chi connectivity index (χ4v) is 1.20. The van der Waals surface area contributed by atoms with Crippen LogP contribution >= 0.6 is 0 Å². The first-order valence-electron chi connectivity index (χ1n) is 4.72. The quantitative estimate of drug-likeness (QED) is 0.626. The highest BCUT2D eigenvalue weighted by Gasteiger charge is 2.38. The molecule has 0 spiro atoms. The minimum atomic E-state index is -1.09. The molecule has 0 aromatic rings. The summed E-state index contributed by atoms with van der Waals surface area (Å²) in [6.45, 7) is 4.78. The van der Waals surface area contributed by atoms with Gasteiger partial charge in [0.2, 0.25) is 0 Å². The second-order valence-corrected chi connectivity index (χ2v) is 2.96. The minimum absolute atomic E-state index is 0.258. The molecule has 0 N–H and O–H groups in total. The van der Waals surface area contributed by atoms with Crippen LogP contribution in [0.5, 0.6) is 0 Å². The lowest BCUT2D eigenvalue weighted by Gasteiger charge is -2.24. The van der Waals surface area contributed by atoms with Crippen molar-refractivity contribution < 1.29 is 19.0 Å². The lowest BCUT2D eigenvalue weighted by Crippen LogP contribution is -2.35. The molecule has 1 fully saturated rings. The Balaban J connectivity index is 2.43. The highest BCUT2D eigenvalue weighted by atomic mass is 16.9. The molecule has 0 bridgehead atoms. The van der Waals surface area contributed by atoms with Crippen LogP contribution in [0.4, 0.5) is 0 Å². The van der Waals surface area contributed by atoms with Gasteiger partial charge in [-0.2, -0.15) is 0 Å². The van der Waals surface area contributed by atoms with E-state index in [0.717, 1.165) is 6.42 Å². The fraction of sp³-hybridized carbons (Fsp3) is 0.889. The molecule has 1 saturated heterocycles. The molecule has 0 aliphatic carbocycles. The van der Waals surface area contributed by atoms with Crippen molar-refractivity contribution in [3.63, 3.8) is 0 Å². The molecular weight excluding hydrogens is 172 g/mol. The predicted molar refractivity (Wildman–Crippen MR) is 45.9 cm³/mol. The molecular formula is C9H16O4. The summed E-state index contributed by atoms with van der Waals surface area (Å²) in [5, 5.41) is 0. The third-order valence-corrected chi connectivity index (χ3v) is 1.88. The van der Waals surface area contributed by atoms with Gasteiger partial charge in [0.05, 0.1) is 13.2 Å². The van der Waals surface area contributed by atoms with Gasteiger partial charge in [-0.25, -0.2) is 0 Å². The van der Waals surface area contributed by atoms with E-state index in [1.807, 2.05) is 13.8 Å². The van der Waals surface area contributed by atoms with Gasteiger partial charge in [-0.3, -0.25) is 4.79 Å². The molecule has 0 aromatic heterocycles. The van der Waals surface area contributed by atoms with Gasteiger partial charge in [-0.1, -0.05) is 13.8 Å². The van der Waals surface area contributed by atoms with E-state index in [0.29, 0.717) is 26.1 Å². The Morgan fingerprint density at radius 3 is 2.46 bits per heavy atom. The van der Waals surface area contributed by atoms with E-state index in [9.17, 15) is 4.79 Å². The molecule has 1 aliphatic heterocycles. The maximum atomic E-state index is 11.2. The van der Waals surface area contributed by atoms with E-state index >= 15 is 0 Å². The lowest BCUT2D eigenvalue weighted by molar-refractivity contribution is -0.314. The fourth-order valence-electron chi connectivity index (χ4n) is 1.20. The van der Waals surface area contributed by atoms with Gasteiger partial charge >= 0.3 is 11.9 Å². The molecule has 4 heteroatoms. The number of esters is 1. The van der Waals surface area contributed by atoms with E-state index in [-0.39, 0.29) is 5.97 Å². The first kappa shape index (κ1) is 10.5. The van der Waals surface area contributed by atoms with Crippen molar-refractivity contribution in [3.8, 4) is 0 Å². The van der Waals surface area contributed by atoms with E-state index in [1.165, 1.54) is 0 Å². The van der Waals surface area contributed by atoms with Crippen molar-refractivity contribution in [2.75, 3.05) is 13.2 Å². The highest BCUT2D eigenvalue weighted by molar-refractivity contribution is 5.69. The highest BCUT2D eigenvalue weighted by Crippen LogP contribution is 2.25. The van der Waals surface area contributed by atoms with E-state index in [4.69, 9.17) is 14.2 Å². The summed E-state index contributed by atoms with van der Waals surface area (Å²) in [4.78, 5) is 11.2. The van der Waals surface area contributed by atoms with Crippen LogP contribution in [0.15, 0.2) is 0 Å². The smallest absolute Gasteiger partial charge is 0.329 e. The third-order valence-electron chi connectivity index (χ3n) is 1.88. The normalized spacial score (nSPS) is 20.2. The minimum Gasteiger partial charge on any atom is -0.408 e. The molecule has 0 unspecified atom stereocenters. The number of hydrogen-bond donors (Lipinski definition) is 0. The Morgan fingerprint density at radius 1 is 1.38 bits per heavy atom. The monoisotopic (exact) mass is 188 g/mol. The van der Waals surface area contributed by atoms with Crippen LogP contribution < -0.4 is 0 Å². The zero-order valence-corrected chi connectivity index (χ0v) is 8.17. The molecule has 1 aliphatic rings. The first-order valence-corrected chi connectivity index (χ1v) is 4.72. The van der Waals surface area contributed by atoms with Crippen molar-refractivity contribution >= 4 is 5.97 Å². The van der Waals surface area contributed by atoms with Gasteiger partial charge in [0, 0.05) is 12.8 Å². The maximum Gasteiger partial charge on any atom is 0.329 e. The van der Waals surface area contributed by atoms with Crippen LogP contribution in [-0.2, 0) is 19.0 Å². The van der Waals surface area contributed by atoms with E-state index in [2.05, 4.69) is 0 Å². The molecule has 0 saturated carbocycles. The molecule has 0 radical (unpaired) electrons. The lowest BCUT2D eigenvalue weighted by atomic mass is 10.3. The van der Waals surface area contributed by atoms with Crippen LogP contribution in [-0.4, -0.2) is 25.2 Å². The summed E-state index contributed by atoms with van der Waals surface area (Å²) in [5.74, 6) is -1.35. The van der Waals surface area contributed by atoms with Crippen LogP contribution in [0.2, 0.25) is 0 Å². The third kappa shape index (κ3) is 2.67. The van der Waals surface area contributed by atoms with Gasteiger partial charge < -0.3 is 14.2 Å². The summed E-state index contributed by atoms with van der Waals surface area (Å²) >= 11 is 0. The van der Waals surface area contributed by atoms with Crippen LogP contribution in [0, 0.1) is 0 Å².